The van der Waals surface area contributed by atoms with E-state index in [1.165, 1.54) is 12.0 Å². The van der Waals surface area contributed by atoms with Crippen molar-refractivity contribution in [2.24, 2.45) is 10.4 Å². The first-order valence-corrected chi connectivity index (χ1v) is 9.11. The summed E-state index contributed by atoms with van der Waals surface area (Å²) in [6, 6.07) is 8.23. The van der Waals surface area contributed by atoms with Crippen molar-refractivity contribution in [3.63, 3.8) is 0 Å². The van der Waals surface area contributed by atoms with E-state index in [0.717, 1.165) is 54.7 Å². The number of allylic oxidation sites excluding steroid dienone is 1. The van der Waals surface area contributed by atoms with E-state index in [0.29, 0.717) is 13.2 Å². The van der Waals surface area contributed by atoms with Crippen LogP contribution in [0.5, 0.6) is 0 Å². The predicted molar refractivity (Wildman–Crippen MR) is 98.9 cm³/mol. The zero-order valence-corrected chi connectivity index (χ0v) is 15.0. The zero-order valence-electron chi connectivity index (χ0n) is 15.0. The van der Waals surface area contributed by atoms with Gasteiger partial charge in [-0.15, -0.1) is 0 Å². The molecule has 0 aliphatic heterocycles. The van der Waals surface area contributed by atoms with Gasteiger partial charge in [0.25, 0.3) is 0 Å². The van der Waals surface area contributed by atoms with Crippen molar-refractivity contribution in [1.82, 2.24) is 0 Å². The third kappa shape index (κ3) is 3.14. The number of benzene rings is 1. The topological polar surface area (TPSA) is 47.9 Å². The number of carbonyl (C=O) groups excluding carboxylic acids is 1. The van der Waals surface area contributed by atoms with E-state index < -0.39 is 5.41 Å². The predicted octanol–water partition coefficient (Wildman–Crippen LogP) is 4.33. The molecule has 132 valence electrons. The van der Waals surface area contributed by atoms with Crippen LogP contribution in [0.25, 0.3) is 5.70 Å². The van der Waals surface area contributed by atoms with Gasteiger partial charge in [0.1, 0.15) is 17.4 Å². The number of hydrogen-bond donors (Lipinski definition) is 0. The smallest absolute Gasteiger partial charge is 0.174 e. The van der Waals surface area contributed by atoms with Crippen LogP contribution in [0.2, 0.25) is 0 Å². The van der Waals surface area contributed by atoms with Crippen molar-refractivity contribution in [3.8, 4) is 0 Å². The molecule has 1 aromatic carbocycles. The van der Waals surface area contributed by atoms with E-state index in [1.54, 1.807) is 0 Å². The Kier molecular flexibility index (Phi) is 5.40. The van der Waals surface area contributed by atoms with Crippen molar-refractivity contribution in [2.45, 2.75) is 46.0 Å². The van der Waals surface area contributed by atoms with Crippen molar-refractivity contribution in [1.29, 1.82) is 0 Å². The number of aliphatic imine (C=N–C) groups is 1. The Bertz CT molecular complexity index is 743. The third-order valence-electron chi connectivity index (χ3n) is 5.11. The largest absolute Gasteiger partial charge is 0.495 e. The molecule has 0 N–H and O–H groups in total. The molecule has 0 radical (unpaired) electrons. The second kappa shape index (κ2) is 7.71. The molecule has 0 saturated heterocycles. The van der Waals surface area contributed by atoms with Gasteiger partial charge in [0.2, 0.25) is 0 Å². The van der Waals surface area contributed by atoms with Gasteiger partial charge in [-0.1, -0.05) is 30.7 Å². The zero-order chi connectivity index (χ0) is 17.7. The molecule has 0 aromatic heterocycles. The van der Waals surface area contributed by atoms with E-state index in [-0.39, 0.29) is 0 Å². The third-order valence-corrected chi connectivity index (χ3v) is 5.11. The van der Waals surface area contributed by atoms with Gasteiger partial charge in [0.05, 0.1) is 18.6 Å². The lowest BCUT2D eigenvalue weighted by Gasteiger charge is -2.43. The molecule has 0 heterocycles. The van der Waals surface area contributed by atoms with Gasteiger partial charge in [0.15, 0.2) is 6.40 Å². The van der Waals surface area contributed by atoms with Gasteiger partial charge in [-0.25, -0.2) is 9.79 Å². The van der Waals surface area contributed by atoms with E-state index in [9.17, 15) is 4.79 Å². The highest BCUT2D eigenvalue weighted by atomic mass is 16.5. The number of nitrogens with zero attached hydrogens (tertiary/aromatic N) is 1. The Labute approximate surface area is 149 Å². The van der Waals surface area contributed by atoms with Crippen LogP contribution in [0.3, 0.4) is 0 Å². The molecular formula is C21H25NO3. The van der Waals surface area contributed by atoms with Gasteiger partial charge in [-0.3, -0.25) is 0 Å². The molecule has 4 heteroatoms. The molecule has 1 atom stereocenters. The Morgan fingerprint density at radius 3 is 2.84 bits per heavy atom. The van der Waals surface area contributed by atoms with Crippen LogP contribution in [0.4, 0.5) is 0 Å². The van der Waals surface area contributed by atoms with Gasteiger partial charge in [-0.05, 0) is 45.1 Å². The van der Waals surface area contributed by atoms with Crippen molar-refractivity contribution >= 4 is 18.0 Å². The fourth-order valence-electron chi connectivity index (χ4n) is 4.02. The number of ether oxygens (including phenoxy) is 2. The lowest BCUT2D eigenvalue weighted by atomic mass is 9.63. The van der Waals surface area contributed by atoms with Crippen LogP contribution in [0.1, 0.15) is 50.7 Å². The highest BCUT2D eigenvalue weighted by Gasteiger charge is 2.47. The SMILES string of the molecule is CCOC=NC1=C(OCC)C2(CCCCC2=C=O)Cc2ccccc21. The summed E-state index contributed by atoms with van der Waals surface area (Å²) in [6.45, 7) is 5.00. The van der Waals surface area contributed by atoms with E-state index >= 15 is 0 Å². The van der Waals surface area contributed by atoms with Gasteiger partial charge in [-0.2, -0.15) is 0 Å². The maximum Gasteiger partial charge on any atom is 0.174 e. The van der Waals surface area contributed by atoms with Crippen LogP contribution in [0.15, 0.2) is 40.6 Å². The van der Waals surface area contributed by atoms with E-state index in [1.807, 2.05) is 26.0 Å². The van der Waals surface area contributed by atoms with Gasteiger partial charge >= 0.3 is 0 Å². The first-order valence-electron chi connectivity index (χ1n) is 9.11. The molecule has 1 spiro atoms. The minimum absolute atomic E-state index is 0.413. The molecule has 4 nitrogen and oxygen atoms in total. The Morgan fingerprint density at radius 2 is 2.08 bits per heavy atom. The fourth-order valence-corrected chi connectivity index (χ4v) is 4.02. The molecule has 1 fully saturated rings. The number of hydrogen-bond acceptors (Lipinski definition) is 4. The van der Waals surface area contributed by atoms with Crippen molar-refractivity contribution in [2.75, 3.05) is 13.2 Å². The van der Waals surface area contributed by atoms with Crippen LogP contribution in [-0.4, -0.2) is 25.6 Å². The number of rotatable bonds is 5. The molecule has 0 bridgehead atoms. The Morgan fingerprint density at radius 1 is 1.24 bits per heavy atom. The summed E-state index contributed by atoms with van der Waals surface area (Å²) in [5.74, 6) is 3.05. The minimum Gasteiger partial charge on any atom is -0.495 e. The second-order valence-corrected chi connectivity index (χ2v) is 6.50. The molecule has 1 unspecified atom stereocenters. The molecule has 3 rings (SSSR count). The first kappa shape index (κ1) is 17.5. The van der Waals surface area contributed by atoms with Crippen LogP contribution in [-0.2, 0) is 20.7 Å². The number of fused-ring (bicyclic) bond motifs is 1. The maximum absolute atomic E-state index is 11.8. The van der Waals surface area contributed by atoms with Crippen LogP contribution >= 0.6 is 0 Å². The molecule has 0 amide bonds. The molecular weight excluding hydrogens is 314 g/mol. The molecule has 2 aliphatic carbocycles. The second-order valence-electron chi connectivity index (χ2n) is 6.50. The van der Waals surface area contributed by atoms with Gasteiger partial charge in [0, 0.05) is 11.1 Å². The standard InChI is InChI=1S/C21H25NO3/c1-3-24-15-22-19-18-11-6-5-9-16(18)13-21(20(19)25-4-2)12-8-7-10-17(21)14-23/h5-6,9,11,15H,3-4,7-8,10,12-13H2,1-2H3. The molecule has 25 heavy (non-hydrogen) atoms. The quantitative estimate of drug-likeness (QED) is 0.456. The summed E-state index contributed by atoms with van der Waals surface area (Å²) >= 11 is 0. The summed E-state index contributed by atoms with van der Waals surface area (Å²) in [6.07, 6.45) is 6.05. The Hall–Kier alpha value is -2.32. The highest BCUT2D eigenvalue weighted by molar-refractivity contribution is 5.79. The molecule has 1 aromatic rings. The summed E-state index contributed by atoms with van der Waals surface area (Å²) in [5, 5.41) is 0. The van der Waals surface area contributed by atoms with E-state index in [2.05, 4.69) is 23.1 Å². The monoisotopic (exact) mass is 339 g/mol. The molecule has 2 aliphatic rings. The summed E-state index contributed by atoms with van der Waals surface area (Å²) < 4.78 is 11.5. The normalized spacial score (nSPS) is 22.9. The van der Waals surface area contributed by atoms with Gasteiger partial charge < -0.3 is 9.47 Å². The van der Waals surface area contributed by atoms with E-state index in [4.69, 9.17) is 9.47 Å². The Balaban J connectivity index is 2.23. The average molecular weight is 339 g/mol. The first-order chi connectivity index (χ1) is 12.3. The fraction of sp³-hybridized carbons (Fsp3) is 0.476. The average Bonchev–Trinajstić information content (AvgIpc) is 2.64. The lowest BCUT2D eigenvalue weighted by Crippen LogP contribution is -2.36. The highest BCUT2D eigenvalue weighted by Crippen LogP contribution is 2.53. The summed E-state index contributed by atoms with van der Waals surface area (Å²) in [7, 11) is 0. The van der Waals surface area contributed by atoms with Crippen molar-refractivity contribution < 1.29 is 14.3 Å². The van der Waals surface area contributed by atoms with Crippen molar-refractivity contribution in [3.05, 3.63) is 46.7 Å². The summed E-state index contributed by atoms with van der Waals surface area (Å²) in [4.78, 5) is 16.4. The van der Waals surface area contributed by atoms with Crippen LogP contribution < -0.4 is 0 Å². The van der Waals surface area contributed by atoms with Crippen LogP contribution in [0, 0.1) is 5.41 Å². The maximum atomic E-state index is 11.8. The lowest BCUT2D eigenvalue weighted by molar-refractivity contribution is 0.135. The summed E-state index contributed by atoms with van der Waals surface area (Å²) in [5.41, 5.74) is 3.45. The molecule has 1 saturated carbocycles. The minimum atomic E-state index is -0.413.